The van der Waals surface area contributed by atoms with Gasteiger partial charge in [-0.1, -0.05) is 0 Å². The minimum absolute atomic E-state index is 0.310. The van der Waals surface area contributed by atoms with E-state index >= 15 is 0 Å². The van der Waals surface area contributed by atoms with E-state index in [9.17, 15) is 4.79 Å². The van der Waals surface area contributed by atoms with Crippen LogP contribution >= 0.6 is 0 Å². The summed E-state index contributed by atoms with van der Waals surface area (Å²) in [4.78, 5) is 20.4. The van der Waals surface area contributed by atoms with Crippen LogP contribution in [0, 0.1) is 0 Å². The van der Waals surface area contributed by atoms with Gasteiger partial charge in [-0.3, -0.25) is 0 Å². The maximum atomic E-state index is 12.2. The van der Waals surface area contributed by atoms with Crippen LogP contribution in [0.5, 0.6) is 17.4 Å². The number of aryl methyl sites for hydroxylation is 1. The van der Waals surface area contributed by atoms with Crippen molar-refractivity contribution in [2.24, 2.45) is 7.05 Å². The van der Waals surface area contributed by atoms with Gasteiger partial charge in [-0.15, -0.1) is 0 Å². The topological polar surface area (TPSA) is 90.3 Å². The highest BCUT2D eigenvalue weighted by molar-refractivity contribution is 5.90. The van der Waals surface area contributed by atoms with Crippen LogP contribution in [0.15, 0.2) is 55.1 Å². The van der Waals surface area contributed by atoms with Crippen LogP contribution < -0.4 is 20.1 Å². The third kappa shape index (κ3) is 4.97. The molecule has 0 radical (unpaired) electrons. The first-order chi connectivity index (χ1) is 13.2. The molecule has 27 heavy (non-hydrogen) atoms. The van der Waals surface area contributed by atoms with E-state index in [1.807, 2.05) is 11.6 Å². The van der Waals surface area contributed by atoms with Crippen molar-refractivity contribution in [2.75, 3.05) is 19.0 Å². The summed E-state index contributed by atoms with van der Waals surface area (Å²) in [6.07, 6.45) is 5.80. The molecule has 1 aromatic carbocycles. The van der Waals surface area contributed by atoms with Gasteiger partial charge >= 0.3 is 6.03 Å². The Morgan fingerprint density at radius 2 is 1.96 bits per heavy atom. The fraction of sp³-hybridized carbons (Fsp3) is 0.211. The number of carbonyl (C=O) groups excluding carboxylic acids is 1. The Morgan fingerprint density at radius 3 is 2.67 bits per heavy atom. The summed E-state index contributed by atoms with van der Waals surface area (Å²) >= 11 is 0. The van der Waals surface area contributed by atoms with Gasteiger partial charge in [0.15, 0.2) is 0 Å². The van der Waals surface area contributed by atoms with E-state index in [0.29, 0.717) is 30.3 Å². The molecule has 0 aliphatic heterocycles. The standard InChI is InChI=1S/C19H21N5O3/c1-24-13-20-12-14(24)9-11-22-19(25)23-17-4-3-10-21-18(17)27-16-7-5-15(26-2)6-8-16/h3-8,10,12-13H,9,11H2,1-2H3,(H2,22,23,25). The largest absolute Gasteiger partial charge is 0.497 e. The Balaban J connectivity index is 1.57. The molecule has 8 heteroatoms. The van der Waals surface area contributed by atoms with Crippen molar-refractivity contribution < 1.29 is 14.3 Å². The van der Waals surface area contributed by atoms with E-state index in [1.165, 1.54) is 0 Å². The number of nitrogens with zero attached hydrogens (tertiary/aromatic N) is 3. The van der Waals surface area contributed by atoms with Crippen molar-refractivity contribution in [3.63, 3.8) is 0 Å². The molecule has 0 saturated carbocycles. The fourth-order valence-corrected chi connectivity index (χ4v) is 2.42. The maximum absolute atomic E-state index is 12.2. The number of benzene rings is 1. The predicted octanol–water partition coefficient (Wildman–Crippen LogP) is 2.98. The number of rotatable bonds is 7. The number of pyridine rings is 1. The molecule has 0 bridgehead atoms. The number of imidazole rings is 1. The Hall–Kier alpha value is -3.55. The van der Waals surface area contributed by atoms with E-state index < -0.39 is 0 Å². The van der Waals surface area contributed by atoms with E-state index in [-0.39, 0.29) is 6.03 Å². The van der Waals surface area contributed by atoms with Crippen LogP contribution in [0.3, 0.4) is 0 Å². The van der Waals surface area contributed by atoms with Crippen molar-refractivity contribution in [1.29, 1.82) is 0 Å². The third-order valence-electron chi connectivity index (χ3n) is 3.88. The maximum Gasteiger partial charge on any atom is 0.319 e. The molecule has 2 heterocycles. The Morgan fingerprint density at radius 1 is 1.19 bits per heavy atom. The van der Waals surface area contributed by atoms with Crippen molar-refractivity contribution >= 4 is 11.7 Å². The molecule has 0 saturated heterocycles. The molecule has 3 rings (SSSR count). The number of carbonyl (C=O) groups is 1. The van der Waals surface area contributed by atoms with E-state index in [2.05, 4.69) is 20.6 Å². The summed E-state index contributed by atoms with van der Waals surface area (Å²) in [5.74, 6) is 1.63. The Kier molecular flexibility index (Phi) is 5.88. The van der Waals surface area contributed by atoms with Gasteiger partial charge in [-0.05, 0) is 36.4 Å². The van der Waals surface area contributed by atoms with Gasteiger partial charge in [0.1, 0.15) is 17.2 Å². The Labute approximate surface area is 157 Å². The zero-order valence-corrected chi connectivity index (χ0v) is 15.2. The summed E-state index contributed by atoms with van der Waals surface area (Å²) in [7, 11) is 3.52. The van der Waals surface area contributed by atoms with Gasteiger partial charge in [0.05, 0.1) is 13.4 Å². The van der Waals surface area contributed by atoms with E-state index in [1.54, 1.807) is 62.2 Å². The van der Waals surface area contributed by atoms with Gasteiger partial charge in [-0.25, -0.2) is 14.8 Å². The number of amides is 2. The normalized spacial score (nSPS) is 10.3. The smallest absolute Gasteiger partial charge is 0.319 e. The Bertz CT molecular complexity index is 892. The SMILES string of the molecule is COc1ccc(Oc2ncccc2NC(=O)NCCc2cncn2C)cc1. The lowest BCUT2D eigenvalue weighted by Crippen LogP contribution is -2.30. The quantitative estimate of drug-likeness (QED) is 0.670. The van der Waals surface area contributed by atoms with Gasteiger partial charge in [0.25, 0.3) is 0 Å². The molecule has 0 atom stereocenters. The summed E-state index contributed by atoms with van der Waals surface area (Å²) in [6.45, 7) is 0.486. The second kappa shape index (κ2) is 8.70. The van der Waals surface area contributed by atoms with Crippen molar-refractivity contribution in [3.05, 3.63) is 60.8 Å². The molecule has 0 aliphatic carbocycles. The van der Waals surface area contributed by atoms with Crippen molar-refractivity contribution in [2.45, 2.75) is 6.42 Å². The van der Waals surface area contributed by atoms with Gasteiger partial charge in [0, 0.05) is 38.1 Å². The number of aromatic nitrogens is 3. The summed E-state index contributed by atoms with van der Waals surface area (Å²) < 4.78 is 12.8. The number of nitrogens with one attached hydrogen (secondary N) is 2. The highest BCUT2D eigenvalue weighted by Gasteiger charge is 2.10. The van der Waals surface area contributed by atoms with Crippen LogP contribution in [0.4, 0.5) is 10.5 Å². The van der Waals surface area contributed by atoms with E-state index in [4.69, 9.17) is 9.47 Å². The predicted molar refractivity (Wildman–Crippen MR) is 101 cm³/mol. The molecule has 0 fully saturated rings. The molecule has 0 unspecified atom stereocenters. The average Bonchev–Trinajstić information content (AvgIpc) is 3.09. The summed E-state index contributed by atoms with van der Waals surface area (Å²) in [6, 6.07) is 10.2. The fourth-order valence-electron chi connectivity index (χ4n) is 2.42. The second-order valence-electron chi connectivity index (χ2n) is 5.76. The molecular weight excluding hydrogens is 346 g/mol. The number of methoxy groups -OCH3 is 1. The highest BCUT2D eigenvalue weighted by atomic mass is 16.5. The lowest BCUT2D eigenvalue weighted by molar-refractivity contribution is 0.252. The molecule has 2 aromatic heterocycles. The molecule has 3 aromatic rings. The molecule has 8 nitrogen and oxygen atoms in total. The number of hydrogen-bond donors (Lipinski definition) is 2. The highest BCUT2D eigenvalue weighted by Crippen LogP contribution is 2.27. The number of anilines is 1. The lowest BCUT2D eigenvalue weighted by Gasteiger charge is -2.12. The first-order valence-electron chi connectivity index (χ1n) is 8.42. The van der Waals surface area contributed by atoms with Crippen LogP contribution in [-0.2, 0) is 13.5 Å². The molecule has 2 N–H and O–H groups in total. The van der Waals surface area contributed by atoms with Gasteiger partial charge in [0.2, 0.25) is 5.88 Å². The minimum atomic E-state index is -0.329. The van der Waals surface area contributed by atoms with E-state index in [0.717, 1.165) is 11.4 Å². The molecule has 140 valence electrons. The van der Waals surface area contributed by atoms with Crippen molar-refractivity contribution in [1.82, 2.24) is 19.9 Å². The van der Waals surface area contributed by atoms with Crippen molar-refractivity contribution in [3.8, 4) is 17.4 Å². The number of hydrogen-bond acceptors (Lipinski definition) is 5. The van der Waals surface area contributed by atoms with Gasteiger partial charge in [-0.2, -0.15) is 0 Å². The first-order valence-corrected chi connectivity index (χ1v) is 8.42. The van der Waals surface area contributed by atoms with Crippen LogP contribution in [-0.4, -0.2) is 34.2 Å². The first kappa shape index (κ1) is 18.2. The minimum Gasteiger partial charge on any atom is -0.497 e. The average molecular weight is 367 g/mol. The summed E-state index contributed by atoms with van der Waals surface area (Å²) in [5.41, 5.74) is 1.52. The zero-order chi connectivity index (χ0) is 19.1. The second-order valence-corrected chi connectivity index (χ2v) is 5.76. The summed E-state index contributed by atoms with van der Waals surface area (Å²) in [5, 5.41) is 5.58. The zero-order valence-electron chi connectivity index (χ0n) is 15.2. The number of urea groups is 1. The van der Waals surface area contributed by atoms with Gasteiger partial charge < -0.3 is 24.7 Å². The molecule has 0 spiro atoms. The van der Waals surface area contributed by atoms with Crippen LogP contribution in [0.25, 0.3) is 0 Å². The monoisotopic (exact) mass is 367 g/mol. The molecule has 0 aliphatic rings. The molecule has 2 amide bonds. The van der Waals surface area contributed by atoms with Crippen LogP contribution in [0.2, 0.25) is 0 Å². The lowest BCUT2D eigenvalue weighted by atomic mass is 10.3. The van der Waals surface area contributed by atoms with Crippen LogP contribution in [0.1, 0.15) is 5.69 Å². The third-order valence-corrected chi connectivity index (χ3v) is 3.88. The molecular formula is C19H21N5O3. The number of ether oxygens (including phenoxy) is 2.